The molecule has 0 atom stereocenters. The number of nitrogens with zero attached hydrogens (tertiary/aromatic N) is 1. The molecule has 1 heterocycles. The zero-order valence-electron chi connectivity index (χ0n) is 11.1. The van der Waals surface area contributed by atoms with E-state index < -0.39 is 0 Å². The zero-order valence-corrected chi connectivity index (χ0v) is 11.1. The number of ether oxygens (including phenoxy) is 1. The Balaban J connectivity index is 2.00. The van der Waals surface area contributed by atoms with Crippen LogP contribution in [0.5, 0.6) is 5.88 Å². The van der Waals surface area contributed by atoms with Gasteiger partial charge in [0.15, 0.2) is 0 Å². The van der Waals surface area contributed by atoms with Crippen molar-refractivity contribution in [3.05, 3.63) is 18.3 Å². The number of aromatic nitrogens is 1. The Labute approximate surface area is 108 Å². The largest absolute Gasteiger partial charge is 0.473 e. The van der Waals surface area contributed by atoms with E-state index in [9.17, 15) is 5.11 Å². The summed E-state index contributed by atoms with van der Waals surface area (Å²) in [5.41, 5.74) is 0.943. The number of hydrogen-bond donors (Lipinski definition) is 2. The minimum absolute atomic E-state index is 0.151. The second kappa shape index (κ2) is 6.05. The van der Waals surface area contributed by atoms with Crippen molar-refractivity contribution in [3.8, 4) is 5.88 Å². The average Bonchev–Trinajstić information content (AvgIpc) is 2.34. The van der Waals surface area contributed by atoms with Crippen LogP contribution in [0.3, 0.4) is 0 Å². The summed E-state index contributed by atoms with van der Waals surface area (Å²) in [4.78, 5) is 4.30. The molecule has 1 aliphatic rings. The number of anilines is 1. The molecule has 100 valence electrons. The molecule has 0 unspecified atom stereocenters. The summed E-state index contributed by atoms with van der Waals surface area (Å²) in [5, 5.41) is 12.8. The van der Waals surface area contributed by atoms with Gasteiger partial charge in [-0.1, -0.05) is 0 Å². The van der Waals surface area contributed by atoms with E-state index in [1.807, 2.05) is 12.1 Å². The lowest BCUT2D eigenvalue weighted by atomic mass is 9.95. The molecule has 0 amide bonds. The fourth-order valence-electron chi connectivity index (χ4n) is 2.23. The fraction of sp³-hybridized carbons (Fsp3) is 0.643. The third-order valence-corrected chi connectivity index (χ3v) is 3.14. The number of nitrogens with one attached hydrogen (secondary N) is 1. The maximum atomic E-state index is 9.48. The van der Waals surface area contributed by atoms with Gasteiger partial charge in [0.25, 0.3) is 0 Å². The topological polar surface area (TPSA) is 54.4 Å². The van der Waals surface area contributed by atoms with E-state index in [1.165, 1.54) is 0 Å². The standard InChI is InChI=1S/C14H22N2O2/c1-10(2)16-13-4-3-9-15-14(13)18-12-7-5-11(17)6-8-12/h3-4,9-12,16-17H,5-8H2,1-2H3. The molecule has 1 aromatic heterocycles. The summed E-state index contributed by atoms with van der Waals surface area (Å²) in [7, 11) is 0. The van der Waals surface area contributed by atoms with Crippen molar-refractivity contribution in [2.24, 2.45) is 0 Å². The van der Waals surface area contributed by atoms with Crippen molar-refractivity contribution < 1.29 is 9.84 Å². The highest BCUT2D eigenvalue weighted by molar-refractivity contribution is 5.52. The molecule has 1 fully saturated rings. The molecule has 0 radical (unpaired) electrons. The maximum Gasteiger partial charge on any atom is 0.237 e. The van der Waals surface area contributed by atoms with E-state index in [2.05, 4.69) is 24.1 Å². The molecule has 18 heavy (non-hydrogen) atoms. The van der Waals surface area contributed by atoms with Gasteiger partial charge in [0, 0.05) is 12.2 Å². The van der Waals surface area contributed by atoms with Gasteiger partial charge in [0.1, 0.15) is 6.10 Å². The van der Waals surface area contributed by atoms with Gasteiger partial charge in [-0.2, -0.15) is 0 Å². The maximum absolute atomic E-state index is 9.48. The summed E-state index contributed by atoms with van der Waals surface area (Å²) in [6.07, 6.45) is 5.23. The first kappa shape index (κ1) is 13.1. The van der Waals surface area contributed by atoms with Gasteiger partial charge >= 0.3 is 0 Å². The summed E-state index contributed by atoms with van der Waals surface area (Å²) < 4.78 is 5.95. The minimum Gasteiger partial charge on any atom is -0.473 e. The second-order valence-corrected chi connectivity index (χ2v) is 5.20. The van der Waals surface area contributed by atoms with E-state index in [0.29, 0.717) is 11.9 Å². The van der Waals surface area contributed by atoms with Crippen LogP contribution in [-0.4, -0.2) is 28.3 Å². The Hall–Kier alpha value is -1.29. The highest BCUT2D eigenvalue weighted by atomic mass is 16.5. The van der Waals surface area contributed by atoms with Crippen molar-refractivity contribution in [1.82, 2.24) is 4.98 Å². The SMILES string of the molecule is CC(C)Nc1cccnc1OC1CCC(O)CC1. The Bertz CT molecular complexity index is 374. The first-order valence-electron chi connectivity index (χ1n) is 6.71. The van der Waals surface area contributed by atoms with E-state index in [0.717, 1.165) is 31.4 Å². The molecule has 1 aliphatic carbocycles. The predicted molar refractivity (Wildman–Crippen MR) is 71.9 cm³/mol. The van der Waals surface area contributed by atoms with Crippen LogP contribution >= 0.6 is 0 Å². The van der Waals surface area contributed by atoms with Crippen LogP contribution in [-0.2, 0) is 0 Å². The van der Waals surface area contributed by atoms with Crippen molar-refractivity contribution >= 4 is 5.69 Å². The Morgan fingerprint density at radius 3 is 2.72 bits per heavy atom. The van der Waals surface area contributed by atoms with Crippen molar-refractivity contribution in [1.29, 1.82) is 0 Å². The number of rotatable bonds is 4. The van der Waals surface area contributed by atoms with Gasteiger partial charge in [-0.3, -0.25) is 0 Å². The van der Waals surface area contributed by atoms with Crippen molar-refractivity contribution in [3.63, 3.8) is 0 Å². The number of aliphatic hydroxyl groups excluding tert-OH is 1. The minimum atomic E-state index is -0.151. The number of hydrogen-bond acceptors (Lipinski definition) is 4. The van der Waals surface area contributed by atoms with Gasteiger partial charge in [0.05, 0.1) is 11.8 Å². The molecule has 0 aromatic carbocycles. The zero-order chi connectivity index (χ0) is 13.0. The second-order valence-electron chi connectivity index (χ2n) is 5.20. The highest BCUT2D eigenvalue weighted by Crippen LogP contribution is 2.27. The van der Waals surface area contributed by atoms with Gasteiger partial charge in [-0.25, -0.2) is 4.98 Å². The molecule has 1 aromatic rings. The van der Waals surface area contributed by atoms with E-state index in [4.69, 9.17) is 4.74 Å². The Morgan fingerprint density at radius 2 is 2.06 bits per heavy atom. The van der Waals surface area contributed by atoms with Crippen LogP contribution in [0, 0.1) is 0 Å². The van der Waals surface area contributed by atoms with E-state index in [-0.39, 0.29) is 12.2 Å². The normalized spacial score (nSPS) is 24.0. The van der Waals surface area contributed by atoms with Gasteiger partial charge < -0.3 is 15.2 Å². The van der Waals surface area contributed by atoms with Crippen LogP contribution in [0.15, 0.2) is 18.3 Å². The summed E-state index contributed by atoms with van der Waals surface area (Å²) >= 11 is 0. The predicted octanol–water partition coefficient (Wildman–Crippen LogP) is 2.58. The Morgan fingerprint density at radius 1 is 1.33 bits per heavy atom. The van der Waals surface area contributed by atoms with Gasteiger partial charge in [-0.05, 0) is 51.7 Å². The molecule has 0 bridgehead atoms. The number of aliphatic hydroxyl groups is 1. The van der Waals surface area contributed by atoms with E-state index in [1.54, 1.807) is 6.20 Å². The van der Waals surface area contributed by atoms with Crippen LogP contribution in [0.25, 0.3) is 0 Å². The van der Waals surface area contributed by atoms with Crippen LogP contribution in [0.1, 0.15) is 39.5 Å². The van der Waals surface area contributed by atoms with Gasteiger partial charge in [-0.15, -0.1) is 0 Å². The van der Waals surface area contributed by atoms with Crippen molar-refractivity contribution in [2.45, 2.75) is 57.8 Å². The molecular formula is C14H22N2O2. The third-order valence-electron chi connectivity index (χ3n) is 3.14. The van der Waals surface area contributed by atoms with Crippen LogP contribution in [0.2, 0.25) is 0 Å². The molecule has 2 rings (SSSR count). The van der Waals surface area contributed by atoms with Crippen LogP contribution in [0.4, 0.5) is 5.69 Å². The molecule has 0 saturated heterocycles. The average molecular weight is 250 g/mol. The molecular weight excluding hydrogens is 228 g/mol. The molecule has 0 aliphatic heterocycles. The smallest absolute Gasteiger partial charge is 0.237 e. The molecule has 2 N–H and O–H groups in total. The quantitative estimate of drug-likeness (QED) is 0.862. The lowest BCUT2D eigenvalue weighted by molar-refractivity contribution is 0.0647. The number of pyridine rings is 1. The lowest BCUT2D eigenvalue weighted by Gasteiger charge is -2.26. The van der Waals surface area contributed by atoms with Gasteiger partial charge in [0.2, 0.25) is 5.88 Å². The summed E-state index contributed by atoms with van der Waals surface area (Å²) in [6.45, 7) is 4.18. The molecule has 4 nitrogen and oxygen atoms in total. The highest BCUT2D eigenvalue weighted by Gasteiger charge is 2.21. The molecule has 4 heteroatoms. The summed E-state index contributed by atoms with van der Waals surface area (Å²) in [5.74, 6) is 0.674. The Kier molecular flexibility index (Phi) is 4.42. The molecule has 1 saturated carbocycles. The van der Waals surface area contributed by atoms with Crippen LogP contribution < -0.4 is 10.1 Å². The van der Waals surface area contributed by atoms with Crippen molar-refractivity contribution in [2.75, 3.05) is 5.32 Å². The summed E-state index contributed by atoms with van der Waals surface area (Å²) in [6, 6.07) is 4.24. The monoisotopic (exact) mass is 250 g/mol. The first-order chi connectivity index (χ1) is 8.65. The first-order valence-corrected chi connectivity index (χ1v) is 6.71. The van der Waals surface area contributed by atoms with E-state index >= 15 is 0 Å². The molecule has 0 spiro atoms. The third kappa shape index (κ3) is 3.60. The fourth-order valence-corrected chi connectivity index (χ4v) is 2.23. The lowest BCUT2D eigenvalue weighted by Crippen LogP contribution is -2.27.